The zero-order chi connectivity index (χ0) is 48.4. The lowest BCUT2D eigenvalue weighted by Gasteiger charge is -2.69. The van der Waals surface area contributed by atoms with E-state index in [1.807, 2.05) is 46.9 Å². The van der Waals surface area contributed by atoms with Crippen LogP contribution in [0.15, 0.2) is 102 Å². The van der Waals surface area contributed by atoms with Gasteiger partial charge in [-0.2, -0.15) is 0 Å². The molecule has 14 heteroatoms. The van der Waals surface area contributed by atoms with E-state index in [-0.39, 0.29) is 24.2 Å². The van der Waals surface area contributed by atoms with E-state index in [1.54, 1.807) is 113 Å². The predicted octanol–water partition coefficient (Wildman–Crippen LogP) is 7.26. The Balaban J connectivity index is 1.40. The molecule has 0 unspecified atom stereocenters. The van der Waals surface area contributed by atoms with Crippen LogP contribution in [-0.2, 0) is 33.0 Å². The summed E-state index contributed by atoms with van der Waals surface area (Å²) in [5.41, 5.74) is -4.78. The third kappa shape index (κ3) is 8.25. The molecule has 1 amide bonds. The molecular weight excluding hydrogens is 859 g/mol. The first-order valence-corrected chi connectivity index (χ1v) is 25.9. The van der Waals surface area contributed by atoms with Gasteiger partial charge in [-0.1, -0.05) is 115 Å². The predicted molar refractivity (Wildman–Crippen MR) is 248 cm³/mol. The molecular formula is C52H67NO12Si. The first kappa shape index (κ1) is 49.2. The van der Waals surface area contributed by atoms with E-state index >= 15 is 4.79 Å². The van der Waals surface area contributed by atoms with E-state index in [0.717, 1.165) is 0 Å². The Morgan fingerprint density at radius 3 is 1.95 bits per heavy atom. The summed E-state index contributed by atoms with van der Waals surface area (Å²) in [7, 11) is -2.86. The largest absolute Gasteiger partial charge is 0.456 e. The smallest absolute Gasteiger partial charge is 0.338 e. The van der Waals surface area contributed by atoms with Gasteiger partial charge in [-0.3, -0.25) is 9.59 Å². The third-order valence-corrected chi connectivity index (χ3v) is 20.6. The zero-order valence-corrected chi connectivity index (χ0v) is 41.0. The van der Waals surface area contributed by atoms with Gasteiger partial charge in [-0.15, -0.1) is 0 Å². The van der Waals surface area contributed by atoms with Crippen molar-refractivity contribution in [2.75, 3.05) is 6.61 Å². The number of hydrogen-bond acceptors (Lipinski definition) is 12. The molecule has 0 spiro atoms. The second-order valence-electron chi connectivity index (χ2n) is 21.2. The van der Waals surface area contributed by atoms with Gasteiger partial charge in [0.2, 0.25) is 0 Å². The van der Waals surface area contributed by atoms with Gasteiger partial charge >= 0.3 is 17.9 Å². The van der Waals surface area contributed by atoms with Gasteiger partial charge in [-0.05, 0) is 78.4 Å². The van der Waals surface area contributed by atoms with Gasteiger partial charge in [0, 0.05) is 29.7 Å². The van der Waals surface area contributed by atoms with E-state index in [4.69, 9.17) is 23.4 Å². The average Bonchev–Trinajstić information content (AvgIpc) is 3.26. The lowest BCUT2D eigenvalue weighted by molar-refractivity contribution is -0.358. The van der Waals surface area contributed by atoms with Gasteiger partial charge in [0.05, 0.1) is 30.2 Å². The molecule has 1 saturated heterocycles. The van der Waals surface area contributed by atoms with Crippen molar-refractivity contribution in [3.05, 3.63) is 119 Å². The van der Waals surface area contributed by atoms with E-state index in [1.165, 1.54) is 6.92 Å². The fraction of sp³-hybridized carbons (Fsp3) is 0.538. The number of aliphatic hydroxyl groups is 3. The number of rotatable bonds is 11. The summed E-state index contributed by atoms with van der Waals surface area (Å²) in [5.74, 6) is -4.28. The number of benzene rings is 3. The summed E-state index contributed by atoms with van der Waals surface area (Å²) in [6.45, 7) is 20.0. The zero-order valence-electron chi connectivity index (χ0n) is 40.0. The van der Waals surface area contributed by atoms with Crippen LogP contribution in [0.25, 0.3) is 0 Å². The number of fused-ring (bicyclic) bond motifs is 5. The number of hydrogen-bond donors (Lipinski definition) is 4. The highest BCUT2D eigenvalue weighted by molar-refractivity contribution is 6.74. The molecule has 13 nitrogen and oxygen atoms in total. The fourth-order valence-electron chi connectivity index (χ4n) is 11.1. The first-order chi connectivity index (χ1) is 30.8. The van der Waals surface area contributed by atoms with Crippen LogP contribution in [0.2, 0.25) is 18.1 Å². The highest BCUT2D eigenvalue weighted by Gasteiger charge is 2.77. The quantitative estimate of drug-likeness (QED) is 0.0654. The van der Waals surface area contributed by atoms with Gasteiger partial charge in [0.15, 0.2) is 20.0 Å². The SMILES string of the molecule is CC(=O)O[C@@]12CO[C@@H]1C[C@H](C)[C@]1(C)[C@@H]2[C@H](OC(=O)c2ccccc2)[C@]2(O)C[C@H](OC(=O)[C@H](O[Si](C)(C)C(C)(C)C)[C@@H](NC(=O)c3ccccc3)c3ccccc3)C(C)=C([C@H](O)[C@@H]1O)C2(C)C. The van der Waals surface area contributed by atoms with Crippen molar-refractivity contribution in [1.29, 1.82) is 0 Å². The van der Waals surface area contributed by atoms with Crippen molar-refractivity contribution in [3.63, 3.8) is 0 Å². The highest BCUT2D eigenvalue weighted by atomic mass is 28.4. The van der Waals surface area contributed by atoms with Gasteiger partial charge in [0.25, 0.3) is 5.91 Å². The Morgan fingerprint density at radius 2 is 1.42 bits per heavy atom. The van der Waals surface area contributed by atoms with E-state index in [0.29, 0.717) is 23.1 Å². The minimum absolute atomic E-state index is 0.120. The summed E-state index contributed by atoms with van der Waals surface area (Å²) in [6.07, 6.45) is -8.17. The highest BCUT2D eigenvalue weighted by Crippen LogP contribution is 2.66. The molecule has 2 saturated carbocycles. The molecule has 0 aromatic heterocycles. The maximum Gasteiger partial charge on any atom is 0.338 e. The Kier molecular flexibility index (Phi) is 13.2. The molecule has 3 aromatic carbocycles. The molecule has 3 fully saturated rings. The summed E-state index contributed by atoms with van der Waals surface area (Å²) in [6, 6.07) is 24.9. The Morgan fingerprint density at radius 1 is 0.864 bits per heavy atom. The number of nitrogens with one attached hydrogen (secondary N) is 1. The van der Waals surface area contributed by atoms with Crippen LogP contribution in [0, 0.1) is 22.7 Å². The normalized spacial score (nSPS) is 32.4. The molecule has 12 atom stereocenters. The molecule has 4 aliphatic rings. The van der Waals surface area contributed by atoms with Gasteiger partial charge in [-0.25, -0.2) is 9.59 Å². The Labute approximate surface area is 389 Å². The van der Waals surface area contributed by atoms with Crippen molar-refractivity contribution in [2.24, 2.45) is 22.7 Å². The van der Waals surface area contributed by atoms with Crippen LogP contribution >= 0.6 is 0 Å². The van der Waals surface area contributed by atoms with Crippen LogP contribution in [0.4, 0.5) is 0 Å². The minimum atomic E-state index is -2.86. The van der Waals surface area contributed by atoms with Crippen LogP contribution in [0.5, 0.6) is 0 Å². The number of esters is 3. The molecule has 1 aliphatic heterocycles. The number of carbonyl (C=O) groups is 4. The topological polar surface area (TPSA) is 187 Å². The molecule has 66 heavy (non-hydrogen) atoms. The van der Waals surface area contributed by atoms with Crippen molar-refractivity contribution in [2.45, 2.75) is 147 Å². The monoisotopic (exact) mass is 925 g/mol. The average molecular weight is 926 g/mol. The number of aliphatic hydroxyl groups excluding tert-OH is 2. The summed E-state index contributed by atoms with van der Waals surface area (Å²) < 4.78 is 32.6. The van der Waals surface area contributed by atoms with E-state index < -0.39 is 114 Å². The Hall–Kier alpha value is -4.70. The Bertz CT molecular complexity index is 2330. The van der Waals surface area contributed by atoms with E-state index in [2.05, 4.69) is 5.32 Å². The van der Waals surface area contributed by atoms with Crippen molar-refractivity contribution < 1.29 is 57.9 Å². The third-order valence-electron chi connectivity index (χ3n) is 16.1. The van der Waals surface area contributed by atoms with Crippen LogP contribution in [0.3, 0.4) is 0 Å². The second-order valence-corrected chi connectivity index (χ2v) is 26.0. The maximum atomic E-state index is 15.4. The number of amides is 1. The molecule has 0 radical (unpaired) electrons. The molecule has 2 bridgehead atoms. The molecule has 3 aromatic rings. The van der Waals surface area contributed by atoms with Crippen LogP contribution < -0.4 is 5.32 Å². The van der Waals surface area contributed by atoms with E-state index in [9.17, 15) is 29.7 Å². The molecule has 7 rings (SSSR count). The van der Waals surface area contributed by atoms with Crippen LogP contribution in [0.1, 0.15) is 107 Å². The summed E-state index contributed by atoms with van der Waals surface area (Å²) in [4.78, 5) is 56.9. The molecule has 356 valence electrons. The summed E-state index contributed by atoms with van der Waals surface area (Å²) >= 11 is 0. The first-order valence-electron chi connectivity index (χ1n) is 23.0. The lowest BCUT2D eigenvalue weighted by atomic mass is 9.43. The van der Waals surface area contributed by atoms with Gasteiger partial charge < -0.3 is 44.0 Å². The van der Waals surface area contributed by atoms with Crippen LogP contribution in [-0.4, -0.2) is 102 Å². The maximum absolute atomic E-state index is 15.4. The fourth-order valence-corrected chi connectivity index (χ4v) is 12.3. The van der Waals surface area contributed by atoms with Crippen molar-refractivity contribution >= 4 is 32.1 Å². The lowest BCUT2D eigenvalue weighted by Crippen LogP contribution is -2.81. The minimum Gasteiger partial charge on any atom is -0.456 e. The van der Waals surface area contributed by atoms with Crippen molar-refractivity contribution in [3.8, 4) is 0 Å². The standard InChI is InChI=1S/C52H67NO12Si/c1-30-27-37-51(29-61-37,64-32(3)54)42-44(63-46(58)35-25-19-14-20-26-35)52(60)28-36(31(2)38(49(52,7)8)40(55)43(56)50(30,42)9)62-47(59)41(65-66(10,11)48(4,5)6)39(33-21-15-12-16-22-33)53-45(57)34-23-17-13-18-24-34/h12-26,30,36-37,39-44,55-56,60H,27-29H2,1-11H3,(H,53,57)/t30-,36-,37+,39-,40-,41+,42-,43-,44-,50+,51-,52+/m0/s1. The van der Waals surface area contributed by atoms with Gasteiger partial charge in [0.1, 0.15) is 30.0 Å². The number of ether oxygens (including phenoxy) is 4. The second kappa shape index (κ2) is 17.7. The van der Waals surface area contributed by atoms with Crippen molar-refractivity contribution in [1.82, 2.24) is 5.32 Å². The number of carbonyl (C=O) groups excluding carboxylic acids is 4. The summed E-state index contributed by atoms with van der Waals surface area (Å²) in [5, 5.41) is 42.1. The molecule has 4 N–H and O–H groups in total. The molecule has 3 aliphatic carbocycles. The molecule has 1 heterocycles.